The van der Waals surface area contributed by atoms with Gasteiger partial charge in [0.2, 0.25) is 0 Å². The topological polar surface area (TPSA) is 50.1 Å². The van der Waals surface area contributed by atoms with E-state index in [1.165, 1.54) is 0 Å². The average Bonchev–Trinajstić information content (AvgIpc) is 2.85. The fourth-order valence-electron chi connectivity index (χ4n) is 1.92. The van der Waals surface area contributed by atoms with E-state index in [2.05, 4.69) is 17.3 Å². The third-order valence-electron chi connectivity index (χ3n) is 2.86. The number of nitrogens with zero attached hydrogens (tertiary/aromatic N) is 2. The third-order valence-corrected chi connectivity index (χ3v) is 3.09. The van der Waals surface area contributed by atoms with Crippen molar-refractivity contribution < 1.29 is 5.11 Å². The fraction of sp³-hybridized carbons (Fsp3) is 0.357. The summed E-state index contributed by atoms with van der Waals surface area (Å²) in [6, 6.07) is 7.27. The van der Waals surface area contributed by atoms with Crippen molar-refractivity contribution in [2.24, 2.45) is 0 Å². The summed E-state index contributed by atoms with van der Waals surface area (Å²) >= 11 is 5.94. The second-order valence-corrected chi connectivity index (χ2v) is 4.86. The van der Waals surface area contributed by atoms with Crippen LogP contribution >= 0.6 is 11.6 Å². The SMILES string of the molecule is CCCn1cc(C(CO)Nc2cccc(Cl)c2)cn1. The van der Waals surface area contributed by atoms with Gasteiger partial charge in [-0.1, -0.05) is 24.6 Å². The van der Waals surface area contributed by atoms with Crippen LogP contribution in [-0.4, -0.2) is 21.5 Å². The molecule has 1 atom stereocenters. The van der Waals surface area contributed by atoms with Crippen LogP contribution in [0.3, 0.4) is 0 Å². The Bertz CT molecular complexity index is 527. The molecule has 0 aliphatic heterocycles. The lowest BCUT2D eigenvalue weighted by Gasteiger charge is -2.16. The summed E-state index contributed by atoms with van der Waals surface area (Å²) in [5, 5.41) is 17.7. The Balaban J connectivity index is 2.10. The lowest BCUT2D eigenvalue weighted by atomic mass is 10.1. The van der Waals surface area contributed by atoms with E-state index in [0.717, 1.165) is 24.2 Å². The Morgan fingerprint density at radius 2 is 2.32 bits per heavy atom. The predicted octanol–water partition coefficient (Wildman–Crippen LogP) is 3.09. The van der Waals surface area contributed by atoms with Gasteiger partial charge in [-0.05, 0) is 24.6 Å². The number of rotatable bonds is 6. The molecule has 0 saturated carbocycles. The Hall–Kier alpha value is -1.52. The molecule has 1 aromatic heterocycles. The van der Waals surface area contributed by atoms with Gasteiger partial charge in [0.25, 0.3) is 0 Å². The maximum absolute atomic E-state index is 9.52. The van der Waals surface area contributed by atoms with Crippen LogP contribution in [0.25, 0.3) is 0 Å². The first-order valence-corrected chi connectivity index (χ1v) is 6.76. The van der Waals surface area contributed by atoms with E-state index in [-0.39, 0.29) is 12.6 Å². The summed E-state index contributed by atoms with van der Waals surface area (Å²) in [4.78, 5) is 0. The second-order valence-electron chi connectivity index (χ2n) is 4.43. The van der Waals surface area contributed by atoms with Crippen LogP contribution in [0.15, 0.2) is 36.7 Å². The maximum atomic E-state index is 9.52. The van der Waals surface area contributed by atoms with E-state index in [0.29, 0.717) is 5.02 Å². The standard InChI is InChI=1S/C14H18ClN3O/c1-2-6-18-9-11(8-16-18)14(10-19)17-13-5-3-4-12(15)7-13/h3-5,7-9,14,17,19H,2,6,10H2,1H3. The summed E-state index contributed by atoms with van der Waals surface area (Å²) in [5.41, 5.74) is 1.85. The van der Waals surface area contributed by atoms with Crippen molar-refractivity contribution in [3.63, 3.8) is 0 Å². The Labute approximate surface area is 118 Å². The summed E-state index contributed by atoms with van der Waals surface area (Å²) in [5.74, 6) is 0. The molecule has 2 aromatic rings. The lowest BCUT2D eigenvalue weighted by Crippen LogP contribution is -2.14. The van der Waals surface area contributed by atoms with Gasteiger partial charge in [-0.15, -0.1) is 0 Å². The van der Waals surface area contributed by atoms with Gasteiger partial charge < -0.3 is 10.4 Å². The summed E-state index contributed by atoms with van der Waals surface area (Å²) in [6.07, 6.45) is 4.78. The quantitative estimate of drug-likeness (QED) is 0.854. The van der Waals surface area contributed by atoms with Crippen LogP contribution in [0.4, 0.5) is 5.69 Å². The molecule has 4 nitrogen and oxygen atoms in total. The van der Waals surface area contributed by atoms with Crippen LogP contribution in [0.5, 0.6) is 0 Å². The van der Waals surface area contributed by atoms with Gasteiger partial charge in [0, 0.05) is 29.0 Å². The van der Waals surface area contributed by atoms with Crippen molar-refractivity contribution in [1.82, 2.24) is 9.78 Å². The Morgan fingerprint density at radius 1 is 1.47 bits per heavy atom. The molecule has 5 heteroatoms. The summed E-state index contributed by atoms with van der Waals surface area (Å²) < 4.78 is 1.89. The summed E-state index contributed by atoms with van der Waals surface area (Å²) in [6.45, 7) is 2.99. The number of aromatic nitrogens is 2. The zero-order chi connectivity index (χ0) is 13.7. The molecule has 1 unspecified atom stereocenters. The number of hydrogen-bond donors (Lipinski definition) is 2. The van der Waals surface area contributed by atoms with Gasteiger partial charge in [-0.3, -0.25) is 4.68 Å². The van der Waals surface area contributed by atoms with Gasteiger partial charge in [0.1, 0.15) is 0 Å². The smallest absolute Gasteiger partial charge is 0.0775 e. The monoisotopic (exact) mass is 279 g/mol. The first-order valence-electron chi connectivity index (χ1n) is 6.38. The molecular weight excluding hydrogens is 262 g/mol. The average molecular weight is 280 g/mol. The predicted molar refractivity (Wildman–Crippen MR) is 77.4 cm³/mol. The van der Waals surface area contributed by atoms with E-state index < -0.39 is 0 Å². The molecule has 0 amide bonds. The first-order chi connectivity index (χ1) is 9.22. The van der Waals surface area contributed by atoms with Crippen molar-refractivity contribution in [1.29, 1.82) is 0 Å². The van der Waals surface area contributed by atoms with Gasteiger partial charge in [-0.25, -0.2) is 0 Å². The summed E-state index contributed by atoms with van der Waals surface area (Å²) in [7, 11) is 0. The van der Waals surface area contributed by atoms with Crippen LogP contribution in [0.1, 0.15) is 24.9 Å². The highest BCUT2D eigenvalue weighted by molar-refractivity contribution is 6.30. The highest BCUT2D eigenvalue weighted by atomic mass is 35.5. The first kappa shape index (κ1) is 13.9. The molecule has 2 rings (SSSR count). The molecule has 0 aliphatic rings. The number of aliphatic hydroxyl groups is 1. The number of aliphatic hydroxyl groups excluding tert-OH is 1. The molecule has 0 fully saturated rings. The van der Waals surface area contributed by atoms with Crippen LogP contribution in [0.2, 0.25) is 5.02 Å². The molecule has 0 saturated heterocycles. The molecule has 0 aliphatic carbocycles. The van der Waals surface area contributed by atoms with E-state index in [9.17, 15) is 5.11 Å². The molecule has 0 bridgehead atoms. The Morgan fingerprint density at radius 3 is 3.00 bits per heavy atom. The van der Waals surface area contributed by atoms with E-state index in [4.69, 9.17) is 11.6 Å². The second kappa shape index (κ2) is 6.59. The molecular formula is C14H18ClN3O. The lowest BCUT2D eigenvalue weighted by molar-refractivity contribution is 0.276. The number of benzene rings is 1. The van der Waals surface area contributed by atoms with Crippen molar-refractivity contribution in [3.05, 3.63) is 47.2 Å². The van der Waals surface area contributed by atoms with Gasteiger partial charge >= 0.3 is 0 Å². The molecule has 0 radical (unpaired) electrons. The fourth-order valence-corrected chi connectivity index (χ4v) is 2.12. The number of anilines is 1. The molecule has 102 valence electrons. The largest absolute Gasteiger partial charge is 0.394 e. The van der Waals surface area contributed by atoms with Crippen molar-refractivity contribution in [3.8, 4) is 0 Å². The number of halogens is 1. The zero-order valence-electron chi connectivity index (χ0n) is 10.9. The minimum atomic E-state index is -0.177. The van der Waals surface area contributed by atoms with Gasteiger partial charge in [-0.2, -0.15) is 5.10 Å². The van der Waals surface area contributed by atoms with Crippen LogP contribution < -0.4 is 5.32 Å². The molecule has 19 heavy (non-hydrogen) atoms. The van der Waals surface area contributed by atoms with E-state index >= 15 is 0 Å². The number of hydrogen-bond acceptors (Lipinski definition) is 3. The number of aryl methyl sites for hydroxylation is 1. The zero-order valence-corrected chi connectivity index (χ0v) is 11.6. The molecule has 2 N–H and O–H groups in total. The van der Waals surface area contributed by atoms with Gasteiger partial charge in [0.05, 0.1) is 18.8 Å². The maximum Gasteiger partial charge on any atom is 0.0775 e. The van der Waals surface area contributed by atoms with Gasteiger partial charge in [0.15, 0.2) is 0 Å². The van der Waals surface area contributed by atoms with Crippen LogP contribution in [-0.2, 0) is 6.54 Å². The van der Waals surface area contributed by atoms with Crippen molar-refractivity contribution in [2.75, 3.05) is 11.9 Å². The van der Waals surface area contributed by atoms with E-state index in [1.54, 1.807) is 6.20 Å². The minimum Gasteiger partial charge on any atom is -0.394 e. The highest BCUT2D eigenvalue weighted by Gasteiger charge is 2.12. The van der Waals surface area contributed by atoms with Crippen molar-refractivity contribution >= 4 is 17.3 Å². The highest BCUT2D eigenvalue weighted by Crippen LogP contribution is 2.21. The molecule has 1 aromatic carbocycles. The number of nitrogens with one attached hydrogen (secondary N) is 1. The normalized spacial score (nSPS) is 12.4. The Kier molecular flexibility index (Phi) is 4.82. The molecule has 0 spiro atoms. The van der Waals surface area contributed by atoms with E-state index in [1.807, 2.05) is 35.1 Å². The third kappa shape index (κ3) is 3.72. The van der Waals surface area contributed by atoms with Crippen molar-refractivity contribution in [2.45, 2.75) is 25.9 Å². The van der Waals surface area contributed by atoms with Crippen LogP contribution in [0, 0.1) is 0 Å². The minimum absolute atomic E-state index is 0.00430. The molecule has 1 heterocycles.